The van der Waals surface area contributed by atoms with E-state index in [4.69, 9.17) is 4.74 Å². The number of ether oxygens (including phenoxy) is 1. The highest BCUT2D eigenvalue weighted by molar-refractivity contribution is 9.28. The Bertz CT molecular complexity index is 703. The van der Waals surface area contributed by atoms with E-state index in [0.717, 1.165) is 21.3 Å². The highest BCUT2D eigenvalue weighted by Crippen LogP contribution is 2.61. The summed E-state index contributed by atoms with van der Waals surface area (Å²) < 4.78 is 6.99. The molecule has 0 heterocycles. The molecule has 0 bridgehead atoms. The van der Waals surface area contributed by atoms with E-state index >= 15 is 0 Å². The van der Waals surface area contributed by atoms with E-state index in [0.29, 0.717) is 17.3 Å². The van der Waals surface area contributed by atoms with Crippen LogP contribution < -0.4 is 4.74 Å². The molecule has 2 atom stereocenters. The van der Waals surface area contributed by atoms with E-state index in [2.05, 4.69) is 70.0 Å². The molecule has 0 aliphatic heterocycles. The molecule has 3 rings (SSSR count). The molecule has 0 N–H and O–H groups in total. The van der Waals surface area contributed by atoms with Crippen LogP contribution in [0.4, 0.5) is 0 Å². The highest BCUT2D eigenvalue weighted by Gasteiger charge is 2.55. The molecule has 0 spiro atoms. The first kappa shape index (κ1) is 16.8. The Morgan fingerprint density at radius 1 is 1.04 bits per heavy atom. The third-order valence-corrected chi connectivity index (χ3v) is 5.31. The van der Waals surface area contributed by atoms with Crippen LogP contribution in [-0.4, -0.2) is 0 Å². The van der Waals surface area contributed by atoms with Crippen molar-refractivity contribution >= 4 is 31.9 Å². The van der Waals surface area contributed by atoms with E-state index < -0.39 is 0 Å². The molecule has 1 fully saturated rings. The average Bonchev–Trinajstić information content (AvgIpc) is 3.00. The number of para-hydroxylation sites is 1. The van der Waals surface area contributed by atoms with Gasteiger partial charge in [0, 0.05) is 0 Å². The largest absolute Gasteiger partial charge is 0.457 e. The van der Waals surface area contributed by atoms with Crippen LogP contribution in [0.15, 0.2) is 64.1 Å². The van der Waals surface area contributed by atoms with Crippen molar-refractivity contribution in [3.63, 3.8) is 0 Å². The van der Waals surface area contributed by atoms with E-state index in [-0.39, 0.29) is 0 Å². The first-order valence-corrected chi connectivity index (χ1v) is 9.40. The van der Waals surface area contributed by atoms with Crippen molar-refractivity contribution < 1.29 is 4.74 Å². The molecule has 120 valence electrons. The Labute approximate surface area is 155 Å². The van der Waals surface area contributed by atoms with Crippen molar-refractivity contribution in [1.82, 2.24) is 0 Å². The van der Waals surface area contributed by atoms with Gasteiger partial charge in [0.15, 0.2) is 0 Å². The number of allylic oxidation sites excluding steroid dienone is 1. The van der Waals surface area contributed by atoms with Crippen molar-refractivity contribution in [2.75, 3.05) is 0 Å². The second kappa shape index (κ2) is 6.82. The van der Waals surface area contributed by atoms with Gasteiger partial charge in [0.1, 0.15) is 11.5 Å². The lowest BCUT2D eigenvalue weighted by atomic mass is 10.0. The van der Waals surface area contributed by atoms with Gasteiger partial charge in [-0.05, 0) is 85.4 Å². The number of halogens is 2. The van der Waals surface area contributed by atoms with Crippen LogP contribution in [0, 0.1) is 17.3 Å². The molecular weight excluding hydrogens is 416 g/mol. The smallest absolute Gasteiger partial charge is 0.127 e. The van der Waals surface area contributed by atoms with Crippen LogP contribution in [0.5, 0.6) is 11.5 Å². The molecule has 0 radical (unpaired) electrons. The molecule has 2 aromatic carbocycles. The quantitative estimate of drug-likeness (QED) is 0.494. The summed E-state index contributed by atoms with van der Waals surface area (Å²) in [5, 5.41) is 0. The lowest BCUT2D eigenvalue weighted by molar-refractivity contribution is 0.481. The van der Waals surface area contributed by atoms with Crippen LogP contribution >= 0.6 is 31.9 Å². The Morgan fingerprint density at radius 2 is 1.74 bits per heavy atom. The van der Waals surface area contributed by atoms with Crippen molar-refractivity contribution in [1.29, 1.82) is 0 Å². The van der Waals surface area contributed by atoms with Crippen LogP contribution in [0.3, 0.4) is 0 Å². The standard InChI is InChI=1S/C20H20Br2O/c1-20(2)17(18(20)13-19(21)22)12-14-7-6-10-16(11-14)23-15-8-4-3-5-9-15/h3-11,13,17-18H,12H2,1-2H3. The third kappa shape index (κ3) is 4.07. The van der Waals surface area contributed by atoms with Crippen LogP contribution in [0.1, 0.15) is 19.4 Å². The van der Waals surface area contributed by atoms with Crippen LogP contribution in [0.25, 0.3) is 0 Å². The minimum absolute atomic E-state index is 0.350. The van der Waals surface area contributed by atoms with Gasteiger partial charge in [-0.2, -0.15) is 0 Å². The second-order valence-electron chi connectivity index (χ2n) is 6.68. The summed E-state index contributed by atoms with van der Waals surface area (Å²) >= 11 is 6.97. The Kier molecular flexibility index (Phi) is 4.98. The number of benzene rings is 2. The Hall–Kier alpha value is -1.06. The summed E-state index contributed by atoms with van der Waals surface area (Å²) in [4.78, 5) is 0. The molecule has 1 aliphatic rings. The SMILES string of the molecule is CC1(C)C(C=C(Br)Br)C1Cc1cccc(Oc2ccccc2)c1. The van der Waals surface area contributed by atoms with Crippen molar-refractivity contribution in [3.8, 4) is 11.5 Å². The number of rotatable bonds is 5. The zero-order valence-corrected chi connectivity index (χ0v) is 16.5. The van der Waals surface area contributed by atoms with Gasteiger partial charge in [0.25, 0.3) is 0 Å². The fourth-order valence-corrected chi connectivity index (χ4v) is 3.83. The maximum Gasteiger partial charge on any atom is 0.127 e. The van der Waals surface area contributed by atoms with Gasteiger partial charge in [-0.15, -0.1) is 0 Å². The van der Waals surface area contributed by atoms with Gasteiger partial charge in [-0.25, -0.2) is 0 Å². The zero-order valence-electron chi connectivity index (χ0n) is 13.3. The summed E-state index contributed by atoms with van der Waals surface area (Å²) in [5.74, 6) is 3.05. The lowest BCUT2D eigenvalue weighted by Gasteiger charge is -2.08. The fourth-order valence-electron chi connectivity index (χ4n) is 3.26. The zero-order chi connectivity index (χ0) is 16.4. The molecule has 23 heavy (non-hydrogen) atoms. The Morgan fingerprint density at radius 3 is 2.43 bits per heavy atom. The molecular formula is C20H20Br2O. The molecule has 2 unspecified atom stereocenters. The molecule has 0 amide bonds. The average molecular weight is 436 g/mol. The molecule has 1 nitrogen and oxygen atoms in total. The summed E-state index contributed by atoms with van der Waals surface area (Å²) in [6.07, 6.45) is 3.35. The monoisotopic (exact) mass is 434 g/mol. The van der Waals surface area contributed by atoms with Crippen molar-refractivity contribution in [2.24, 2.45) is 17.3 Å². The topological polar surface area (TPSA) is 9.23 Å². The molecule has 1 saturated carbocycles. The Balaban J connectivity index is 1.70. The van der Waals surface area contributed by atoms with Gasteiger partial charge in [0.05, 0.1) is 3.39 Å². The van der Waals surface area contributed by atoms with Gasteiger partial charge in [-0.1, -0.05) is 50.3 Å². The normalized spacial score (nSPS) is 21.6. The van der Waals surface area contributed by atoms with E-state index in [1.165, 1.54) is 5.56 Å². The van der Waals surface area contributed by atoms with E-state index in [9.17, 15) is 0 Å². The fraction of sp³-hybridized carbons (Fsp3) is 0.300. The number of hydrogen-bond donors (Lipinski definition) is 0. The predicted molar refractivity (Wildman–Crippen MR) is 103 cm³/mol. The summed E-state index contributed by atoms with van der Waals surface area (Å²) in [5.41, 5.74) is 1.68. The first-order valence-electron chi connectivity index (χ1n) is 7.81. The highest BCUT2D eigenvalue weighted by atomic mass is 79.9. The van der Waals surface area contributed by atoms with Gasteiger partial charge < -0.3 is 4.74 Å². The molecule has 0 saturated heterocycles. The summed E-state index contributed by atoms with van der Waals surface area (Å²) in [6, 6.07) is 18.4. The van der Waals surface area contributed by atoms with E-state index in [1.807, 2.05) is 36.4 Å². The van der Waals surface area contributed by atoms with Crippen molar-refractivity contribution in [2.45, 2.75) is 20.3 Å². The minimum atomic E-state index is 0.350. The third-order valence-electron chi connectivity index (χ3n) is 4.78. The molecule has 2 aromatic rings. The van der Waals surface area contributed by atoms with Crippen LogP contribution in [-0.2, 0) is 6.42 Å². The minimum Gasteiger partial charge on any atom is -0.457 e. The second-order valence-corrected chi connectivity index (χ2v) is 9.45. The molecule has 0 aromatic heterocycles. The first-order chi connectivity index (χ1) is 11.0. The van der Waals surface area contributed by atoms with E-state index in [1.54, 1.807) is 0 Å². The maximum atomic E-state index is 5.94. The predicted octanol–water partition coefficient (Wildman–Crippen LogP) is 6.92. The maximum absolute atomic E-state index is 5.94. The molecule has 3 heteroatoms. The van der Waals surface area contributed by atoms with Crippen molar-refractivity contribution in [3.05, 3.63) is 69.6 Å². The summed E-state index contributed by atoms with van der Waals surface area (Å²) in [7, 11) is 0. The van der Waals surface area contributed by atoms with Crippen LogP contribution in [0.2, 0.25) is 0 Å². The van der Waals surface area contributed by atoms with Gasteiger partial charge in [-0.3, -0.25) is 0 Å². The number of hydrogen-bond acceptors (Lipinski definition) is 1. The molecule has 1 aliphatic carbocycles. The van der Waals surface area contributed by atoms with Gasteiger partial charge >= 0.3 is 0 Å². The summed E-state index contributed by atoms with van der Waals surface area (Å²) in [6.45, 7) is 4.68. The lowest BCUT2D eigenvalue weighted by Crippen LogP contribution is -1.95. The van der Waals surface area contributed by atoms with Gasteiger partial charge in [0.2, 0.25) is 0 Å².